The van der Waals surface area contributed by atoms with E-state index < -0.39 is 0 Å². The molecule has 26 heavy (non-hydrogen) atoms. The van der Waals surface area contributed by atoms with Crippen molar-refractivity contribution in [2.24, 2.45) is 0 Å². The number of rotatable bonds is 7. The van der Waals surface area contributed by atoms with E-state index in [2.05, 4.69) is 27.2 Å². The maximum Gasteiger partial charge on any atom is 0.318 e. The van der Waals surface area contributed by atoms with E-state index in [4.69, 9.17) is 0 Å². The SMILES string of the molecule is CN1CCC[C@H]1CCNC(=O)N(Cc1cccnc1)Cc1cccnc1. The van der Waals surface area contributed by atoms with Gasteiger partial charge in [0.2, 0.25) is 0 Å². The number of carbonyl (C=O) groups excluding carboxylic acids is 1. The first-order chi connectivity index (χ1) is 12.7. The third-order valence-corrected chi connectivity index (χ3v) is 4.90. The number of aromatic nitrogens is 2. The molecule has 1 aliphatic rings. The van der Waals surface area contributed by atoms with Crippen molar-refractivity contribution in [1.82, 2.24) is 25.1 Å². The van der Waals surface area contributed by atoms with Gasteiger partial charge in [-0.1, -0.05) is 12.1 Å². The molecular formula is C20H27N5O. The number of hydrogen-bond donors (Lipinski definition) is 1. The summed E-state index contributed by atoms with van der Waals surface area (Å²) in [5, 5.41) is 3.09. The Hall–Kier alpha value is -2.47. The molecule has 0 saturated carbocycles. The van der Waals surface area contributed by atoms with E-state index in [0.29, 0.717) is 25.7 Å². The smallest absolute Gasteiger partial charge is 0.318 e. The molecule has 0 spiro atoms. The molecule has 6 nitrogen and oxygen atoms in total. The van der Waals surface area contributed by atoms with Gasteiger partial charge in [0.05, 0.1) is 0 Å². The van der Waals surface area contributed by atoms with Gasteiger partial charge in [-0.2, -0.15) is 0 Å². The van der Waals surface area contributed by atoms with Crippen LogP contribution in [0, 0.1) is 0 Å². The van der Waals surface area contributed by atoms with Gasteiger partial charge >= 0.3 is 6.03 Å². The predicted octanol–water partition coefficient (Wildman–Crippen LogP) is 2.67. The fourth-order valence-electron chi connectivity index (χ4n) is 3.43. The van der Waals surface area contributed by atoms with Gasteiger partial charge in [0.15, 0.2) is 0 Å². The van der Waals surface area contributed by atoms with Crippen molar-refractivity contribution in [3.63, 3.8) is 0 Å². The maximum atomic E-state index is 12.8. The Morgan fingerprint density at radius 1 is 1.19 bits per heavy atom. The minimum Gasteiger partial charge on any atom is -0.338 e. The van der Waals surface area contributed by atoms with Gasteiger partial charge in [0.1, 0.15) is 0 Å². The van der Waals surface area contributed by atoms with E-state index in [1.54, 1.807) is 24.8 Å². The van der Waals surface area contributed by atoms with Crippen LogP contribution in [0.15, 0.2) is 49.1 Å². The predicted molar refractivity (Wildman–Crippen MR) is 101 cm³/mol. The first kappa shape index (κ1) is 18.3. The zero-order valence-corrected chi connectivity index (χ0v) is 15.3. The summed E-state index contributed by atoms with van der Waals surface area (Å²) < 4.78 is 0. The summed E-state index contributed by atoms with van der Waals surface area (Å²) in [5.41, 5.74) is 2.03. The fourth-order valence-corrected chi connectivity index (χ4v) is 3.43. The number of hydrogen-bond acceptors (Lipinski definition) is 4. The molecule has 1 N–H and O–H groups in total. The van der Waals surface area contributed by atoms with Crippen LogP contribution in [-0.4, -0.2) is 52.0 Å². The Balaban J connectivity index is 1.58. The summed E-state index contributed by atoms with van der Waals surface area (Å²) in [6.45, 7) is 2.91. The number of carbonyl (C=O) groups is 1. The average Bonchev–Trinajstić information content (AvgIpc) is 3.08. The molecule has 1 atom stereocenters. The first-order valence-corrected chi connectivity index (χ1v) is 9.23. The molecule has 1 aliphatic heterocycles. The molecule has 2 aromatic rings. The van der Waals surface area contributed by atoms with Crippen molar-refractivity contribution in [2.45, 2.75) is 38.4 Å². The summed E-state index contributed by atoms with van der Waals surface area (Å²) in [7, 11) is 2.16. The highest BCUT2D eigenvalue weighted by Gasteiger charge is 2.21. The molecule has 2 amide bonds. The summed E-state index contributed by atoms with van der Waals surface area (Å²) in [4.78, 5) is 25.3. The molecule has 0 radical (unpaired) electrons. The fraction of sp³-hybridized carbons (Fsp3) is 0.450. The summed E-state index contributed by atoms with van der Waals surface area (Å²) in [6, 6.07) is 8.31. The molecule has 0 aromatic carbocycles. The Morgan fingerprint density at radius 2 is 1.85 bits per heavy atom. The van der Waals surface area contributed by atoms with Crippen LogP contribution in [0.1, 0.15) is 30.4 Å². The molecule has 1 fully saturated rings. The van der Waals surface area contributed by atoms with E-state index in [1.165, 1.54) is 12.8 Å². The summed E-state index contributed by atoms with van der Waals surface area (Å²) in [5.74, 6) is 0. The van der Waals surface area contributed by atoms with Crippen LogP contribution in [0.3, 0.4) is 0 Å². The lowest BCUT2D eigenvalue weighted by molar-refractivity contribution is 0.190. The standard InChI is InChI=1S/C20H27N5O/c1-24-12-4-7-19(24)8-11-23-20(26)25(15-17-5-2-9-21-13-17)16-18-6-3-10-22-14-18/h2-3,5-6,9-10,13-14,19H,4,7-8,11-12,15-16H2,1H3,(H,23,26)/t19-/m0/s1. The lowest BCUT2D eigenvalue weighted by Gasteiger charge is -2.24. The van der Waals surface area contributed by atoms with Crippen molar-refractivity contribution in [2.75, 3.05) is 20.1 Å². The molecule has 3 heterocycles. The van der Waals surface area contributed by atoms with E-state index in [-0.39, 0.29) is 6.03 Å². The molecule has 6 heteroatoms. The second-order valence-corrected chi connectivity index (χ2v) is 6.88. The van der Waals surface area contributed by atoms with Crippen molar-refractivity contribution < 1.29 is 4.79 Å². The quantitative estimate of drug-likeness (QED) is 0.831. The van der Waals surface area contributed by atoms with E-state index in [0.717, 1.165) is 24.1 Å². The van der Waals surface area contributed by atoms with E-state index in [9.17, 15) is 4.79 Å². The Kier molecular flexibility index (Phi) is 6.55. The number of pyridine rings is 2. The second kappa shape index (κ2) is 9.29. The third kappa shape index (κ3) is 5.26. The minimum atomic E-state index is -0.0432. The summed E-state index contributed by atoms with van der Waals surface area (Å²) >= 11 is 0. The van der Waals surface area contributed by atoms with Crippen molar-refractivity contribution in [3.8, 4) is 0 Å². The van der Waals surface area contributed by atoms with Crippen LogP contribution < -0.4 is 5.32 Å². The van der Waals surface area contributed by atoms with Crippen LogP contribution >= 0.6 is 0 Å². The van der Waals surface area contributed by atoms with Crippen LogP contribution in [0.5, 0.6) is 0 Å². The van der Waals surface area contributed by atoms with Crippen molar-refractivity contribution in [3.05, 3.63) is 60.2 Å². The molecule has 0 bridgehead atoms. The molecule has 0 unspecified atom stereocenters. The van der Waals surface area contributed by atoms with Gasteiger partial charge in [-0.3, -0.25) is 9.97 Å². The molecule has 2 aromatic heterocycles. The highest BCUT2D eigenvalue weighted by atomic mass is 16.2. The van der Waals surface area contributed by atoms with Gasteiger partial charge in [0, 0.05) is 50.5 Å². The number of amides is 2. The van der Waals surface area contributed by atoms with E-state index in [1.807, 2.05) is 29.2 Å². The summed E-state index contributed by atoms with van der Waals surface area (Å²) in [6.07, 6.45) is 10.6. The van der Waals surface area contributed by atoms with Crippen LogP contribution in [-0.2, 0) is 13.1 Å². The Labute approximate surface area is 155 Å². The van der Waals surface area contributed by atoms with Gasteiger partial charge in [-0.05, 0) is 56.1 Å². The molecule has 0 aliphatic carbocycles. The van der Waals surface area contributed by atoms with Gasteiger partial charge < -0.3 is 15.1 Å². The number of nitrogens with zero attached hydrogens (tertiary/aromatic N) is 4. The maximum absolute atomic E-state index is 12.8. The molecule has 1 saturated heterocycles. The lowest BCUT2D eigenvalue weighted by Crippen LogP contribution is -2.41. The van der Waals surface area contributed by atoms with E-state index >= 15 is 0 Å². The monoisotopic (exact) mass is 353 g/mol. The molecular weight excluding hydrogens is 326 g/mol. The minimum absolute atomic E-state index is 0.0432. The first-order valence-electron chi connectivity index (χ1n) is 9.23. The Bertz CT molecular complexity index is 638. The van der Waals surface area contributed by atoms with Crippen LogP contribution in [0.4, 0.5) is 4.79 Å². The normalized spacial score (nSPS) is 17.2. The zero-order valence-electron chi connectivity index (χ0n) is 15.3. The third-order valence-electron chi connectivity index (χ3n) is 4.90. The number of nitrogens with one attached hydrogen (secondary N) is 1. The molecule has 138 valence electrons. The highest BCUT2D eigenvalue weighted by Crippen LogP contribution is 2.17. The Morgan fingerprint density at radius 3 is 2.35 bits per heavy atom. The van der Waals surface area contributed by atoms with Gasteiger partial charge in [0.25, 0.3) is 0 Å². The zero-order chi connectivity index (χ0) is 18.2. The highest BCUT2D eigenvalue weighted by molar-refractivity contribution is 5.74. The van der Waals surface area contributed by atoms with Gasteiger partial charge in [-0.15, -0.1) is 0 Å². The second-order valence-electron chi connectivity index (χ2n) is 6.88. The van der Waals surface area contributed by atoms with Gasteiger partial charge in [-0.25, -0.2) is 4.79 Å². The van der Waals surface area contributed by atoms with Crippen molar-refractivity contribution >= 4 is 6.03 Å². The number of likely N-dealkylation sites (tertiary alicyclic amines) is 1. The lowest BCUT2D eigenvalue weighted by atomic mass is 10.1. The average molecular weight is 353 g/mol. The number of urea groups is 1. The molecule has 3 rings (SSSR count). The largest absolute Gasteiger partial charge is 0.338 e. The van der Waals surface area contributed by atoms with Crippen molar-refractivity contribution in [1.29, 1.82) is 0 Å². The topological polar surface area (TPSA) is 61.4 Å². The van der Waals surface area contributed by atoms with Crippen LogP contribution in [0.25, 0.3) is 0 Å². The van der Waals surface area contributed by atoms with Crippen LogP contribution in [0.2, 0.25) is 0 Å².